The van der Waals surface area contributed by atoms with Gasteiger partial charge in [-0.05, 0) is 68.5 Å². The molecule has 35 heavy (non-hydrogen) atoms. The van der Waals surface area contributed by atoms with E-state index in [-0.39, 0.29) is 10.9 Å². The van der Waals surface area contributed by atoms with Gasteiger partial charge in [-0.2, -0.15) is 0 Å². The minimum atomic E-state index is -0.498. The van der Waals surface area contributed by atoms with Gasteiger partial charge in [-0.1, -0.05) is 17.7 Å². The van der Waals surface area contributed by atoms with Gasteiger partial charge in [0.2, 0.25) is 5.91 Å². The number of allylic oxidation sites excluding steroid dienone is 1. The van der Waals surface area contributed by atoms with Crippen LogP contribution in [0.15, 0.2) is 48.8 Å². The molecule has 3 atom stereocenters. The van der Waals surface area contributed by atoms with Crippen LogP contribution in [0.2, 0.25) is 5.02 Å². The number of hydrogen-bond donors (Lipinski definition) is 2. The van der Waals surface area contributed by atoms with Crippen molar-refractivity contribution in [3.63, 3.8) is 0 Å². The molecule has 2 fully saturated rings. The summed E-state index contributed by atoms with van der Waals surface area (Å²) in [5.74, 6) is 2.60. The number of rotatable bonds is 8. The van der Waals surface area contributed by atoms with Crippen molar-refractivity contribution in [1.82, 2.24) is 14.9 Å². The van der Waals surface area contributed by atoms with E-state index >= 15 is 0 Å². The standard InChI is InChI=1S/C26H27ClFN5O2/c1-3-4-25(34)32-23-10-17-22(11-24(23)35-8-7-16-18-12-33(2)13-19(16)18)29-14-30-26(17)31-15-5-6-21(28)20(27)9-15/h3-6,9-11,14,16,18-19H,7-8,12-13H2,1-2H3,(H,32,34)(H,29,30,31)/b4-3+/t16-,18+,19-. The third-order valence-corrected chi connectivity index (χ3v) is 7.05. The first-order valence-electron chi connectivity index (χ1n) is 11.7. The summed E-state index contributed by atoms with van der Waals surface area (Å²) in [5, 5.41) is 6.74. The number of ether oxygens (including phenoxy) is 1. The van der Waals surface area contributed by atoms with Crippen LogP contribution in [0, 0.1) is 23.6 Å². The number of carbonyl (C=O) groups excluding carboxylic acids is 1. The highest BCUT2D eigenvalue weighted by Gasteiger charge is 2.53. The van der Waals surface area contributed by atoms with Gasteiger partial charge >= 0.3 is 0 Å². The number of halogens is 2. The van der Waals surface area contributed by atoms with Crippen LogP contribution in [0.1, 0.15) is 13.3 Å². The zero-order valence-electron chi connectivity index (χ0n) is 19.6. The number of fused-ring (bicyclic) bond motifs is 2. The molecule has 1 amide bonds. The molecule has 1 aliphatic heterocycles. The van der Waals surface area contributed by atoms with Gasteiger partial charge in [-0.25, -0.2) is 14.4 Å². The molecule has 1 aliphatic carbocycles. The van der Waals surface area contributed by atoms with Gasteiger partial charge in [0.25, 0.3) is 0 Å². The SMILES string of the molecule is C/C=C/C(=O)Nc1cc2c(Nc3ccc(F)c(Cl)c3)ncnc2cc1OCC[C@H]1[C@H]2CN(C)C[C@@H]12. The summed E-state index contributed by atoms with van der Waals surface area (Å²) in [6, 6.07) is 7.95. The molecule has 9 heteroatoms. The van der Waals surface area contributed by atoms with Crippen LogP contribution in [0.25, 0.3) is 10.9 Å². The summed E-state index contributed by atoms with van der Waals surface area (Å²) in [4.78, 5) is 23.5. The van der Waals surface area contributed by atoms with Gasteiger partial charge in [-0.3, -0.25) is 4.79 Å². The smallest absolute Gasteiger partial charge is 0.248 e. The Morgan fingerprint density at radius 3 is 2.80 bits per heavy atom. The molecule has 1 aromatic heterocycles. The summed E-state index contributed by atoms with van der Waals surface area (Å²) in [5.41, 5.74) is 1.77. The number of aromatic nitrogens is 2. The Morgan fingerprint density at radius 2 is 2.06 bits per heavy atom. The van der Waals surface area contributed by atoms with Crippen molar-refractivity contribution in [3.05, 3.63) is 59.7 Å². The second-order valence-corrected chi connectivity index (χ2v) is 9.59. The minimum Gasteiger partial charge on any atom is -0.491 e. The molecule has 0 radical (unpaired) electrons. The molecule has 2 aliphatic rings. The lowest BCUT2D eigenvalue weighted by Gasteiger charge is -2.16. The van der Waals surface area contributed by atoms with E-state index in [1.54, 1.807) is 25.1 Å². The summed E-state index contributed by atoms with van der Waals surface area (Å²) in [6.07, 6.45) is 5.57. The molecule has 0 unspecified atom stereocenters. The summed E-state index contributed by atoms with van der Waals surface area (Å²) in [6.45, 7) is 4.69. The van der Waals surface area contributed by atoms with Crippen molar-refractivity contribution in [2.24, 2.45) is 17.8 Å². The maximum Gasteiger partial charge on any atom is 0.248 e. The molecule has 3 aromatic rings. The average molecular weight is 496 g/mol. The molecule has 5 rings (SSSR count). The second-order valence-electron chi connectivity index (χ2n) is 9.18. The maximum absolute atomic E-state index is 13.6. The summed E-state index contributed by atoms with van der Waals surface area (Å²) >= 11 is 5.92. The van der Waals surface area contributed by atoms with Crippen molar-refractivity contribution in [2.75, 3.05) is 37.4 Å². The molecule has 182 valence electrons. The first-order valence-corrected chi connectivity index (χ1v) is 12.1. The third kappa shape index (κ3) is 5.09. The van der Waals surface area contributed by atoms with Crippen LogP contribution >= 0.6 is 11.6 Å². The lowest BCUT2D eigenvalue weighted by Crippen LogP contribution is -2.19. The van der Waals surface area contributed by atoms with Crippen molar-refractivity contribution in [2.45, 2.75) is 13.3 Å². The first-order chi connectivity index (χ1) is 16.9. The van der Waals surface area contributed by atoms with Crippen LogP contribution in [-0.2, 0) is 4.79 Å². The van der Waals surface area contributed by atoms with Crippen LogP contribution < -0.4 is 15.4 Å². The number of anilines is 3. The molecule has 2 N–H and O–H groups in total. The normalized spacial score (nSPS) is 21.3. The number of nitrogens with zero attached hydrogens (tertiary/aromatic N) is 3. The molecular weight excluding hydrogens is 469 g/mol. The van der Waals surface area contributed by atoms with Gasteiger partial charge < -0.3 is 20.3 Å². The van der Waals surface area contributed by atoms with Crippen molar-refractivity contribution < 1.29 is 13.9 Å². The number of benzene rings is 2. The lowest BCUT2D eigenvalue weighted by atomic mass is 10.1. The van der Waals surface area contributed by atoms with Crippen LogP contribution in [0.4, 0.5) is 21.6 Å². The van der Waals surface area contributed by atoms with E-state index in [0.29, 0.717) is 46.4 Å². The van der Waals surface area contributed by atoms with Gasteiger partial charge in [-0.15, -0.1) is 0 Å². The van der Waals surface area contributed by atoms with E-state index in [9.17, 15) is 9.18 Å². The largest absolute Gasteiger partial charge is 0.491 e. The van der Waals surface area contributed by atoms with Crippen molar-refractivity contribution in [3.8, 4) is 5.75 Å². The number of likely N-dealkylation sites (tertiary alicyclic amines) is 1. The molecular formula is C26H27ClFN5O2. The molecule has 2 heterocycles. The topological polar surface area (TPSA) is 79.4 Å². The fraction of sp³-hybridized carbons (Fsp3) is 0.346. The molecule has 0 bridgehead atoms. The fourth-order valence-corrected chi connectivity index (χ4v) is 5.21. The van der Waals surface area contributed by atoms with E-state index in [2.05, 4.69) is 32.5 Å². The third-order valence-electron chi connectivity index (χ3n) is 6.76. The molecule has 7 nitrogen and oxygen atoms in total. The average Bonchev–Trinajstić information content (AvgIpc) is 3.28. The van der Waals surface area contributed by atoms with Crippen molar-refractivity contribution in [1.29, 1.82) is 0 Å². The Balaban J connectivity index is 1.39. The van der Waals surface area contributed by atoms with Crippen molar-refractivity contribution >= 4 is 45.6 Å². The number of piperidine rings is 1. The molecule has 1 saturated carbocycles. The van der Waals surface area contributed by atoms with Gasteiger partial charge in [0.15, 0.2) is 0 Å². The van der Waals surface area contributed by atoms with Crippen LogP contribution in [0.5, 0.6) is 5.75 Å². The Morgan fingerprint density at radius 1 is 1.26 bits per heavy atom. The van der Waals surface area contributed by atoms with Gasteiger partial charge in [0, 0.05) is 30.2 Å². The lowest BCUT2D eigenvalue weighted by molar-refractivity contribution is -0.111. The number of amides is 1. The van der Waals surface area contributed by atoms with Gasteiger partial charge in [0.1, 0.15) is 23.7 Å². The Hall–Kier alpha value is -3.23. The first kappa shape index (κ1) is 23.5. The summed E-state index contributed by atoms with van der Waals surface area (Å²) in [7, 11) is 2.17. The highest BCUT2D eigenvalue weighted by atomic mass is 35.5. The monoisotopic (exact) mass is 495 g/mol. The Labute approximate surface area is 208 Å². The van der Waals surface area contributed by atoms with Crippen LogP contribution in [-0.4, -0.2) is 47.5 Å². The van der Waals surface area contributed by atoms with Gasteiger partial charge in [0.05, 0.1) is 22.8 Å². The Bertz CT molecular complexity index is 1290. The molecule has 1 saturated heterocycles. The van der Waals surface area contributed by atoms with E-state index in [0.717, 1.165) is 18.3 Å². The Kier molecular flexibility index (Phi) is 6.58. The minimum absolute atomic E-state index is 0.00907. The zero-order valence-corrected chi connectivity index (χ0v) is 20.3. The zero-order chi connectivity index (χ0) is 24.5. The predicted molar refractivity (Wildman–Crippen MR) is 136 cm³/mol. The van der Waals surface area contributed by atoms with E-state index in [4.69, 9.17) is 16.3 Å². The van der Waals surface area contributed by atoms with Crippen LogP contribution in [0.3, 0.4) is 0 Å². The number of hydrogen-bond acceptors (Lipinski definition) is 6. The fourth-order valence-electron chi connectivity index (χ4n) is 5.03. The van der Waals surface area contributed by atoms with E-state index < -0.39 is 5.82 Å². The summed E-state index contributed by atoms with van der Waals surface area (Å²) < 4.78 is 19.7. The second kappa shape index (κ2) is 9.79. The quantitative estimate of drug-likeness (QED) is 0.415. The maximum atomic E-state index is 13.6. The number of nitrogens with one attached hydrogen (secondary N) is 2. The highest BCUT2D eigenvalue weighted by Crippen LogP contribution is 2.53. The van der Waals surface area contributed by atoms with E-state index in [1.807, 2.05) is 6.07 Å². The molecule has 0 spiro atoms. The predicted octanol–water partition coefficient (Wildman–Crippen LogP) is 5.26. The highest BCUT2D eigenvalue weighted by molar-refractivity contribution is 6.31. The molecule has 2 aromatic carbocycles. The number of carbonyl (C=O) groups is 1. The van der Waals surface area contributed by atoms with E-state index in [1.165, 1.54) is 37.6 Å².